The van der Waals surface area contributed by atoms with Gasteiger partial charge in [-0.3, -0.25) is 19.3 Å². The minimum Gasteiger partial charge on any atom is -0.322 e. The van der Waals surface area contributed by atoms with Crippen LogP contribution in [-0.4, -0.2) is 29.7 Å². The molecule has 0 aromatic heterocycles. The lowest BCUT2D eigenvalue weighted by atomic mass is 10.0. The molecule has 116 valence electrons. The fraction of sp³-hybridized carbons (Fsp3) is 0.167. The predicted octanol–water partition coefficient (Wildman–Crippen LogP) is 2.78. The second-order valence-corrected chi connectivity index (χ2v) is 5.63. The Bertz CT molecular complexity index is 855. The maximum Gasteiger partial charge on any atom is 0.261 e. The van der Waals surface area contributed by atoms with E-state index < -0.39 is 0 Å². The number of imide groups is 1. The molecule has 0 radical (unpaired) electrons. The summed E-state index contributed by atoms with van der Waals surface area (Å²) in [6, 6.07) is 10.2. The normalized spacial score (nSPS) is 13.3. The van der Waals surface area contributed by atoms with Gasteiger partial charge in [-0.1, -0.05) is 12.1 Å². The molecule has 1 aliphatic rings. The number of fused-ring (bicyclic) bond motifs is 1. The van der Waals surface area contributed by atoms with Gasteiger partial charge in [0.15, 0.2) is 0 Å². The van der Waals surface area contributed by atoms with Crippen molar-refractivity contribution in [3.63, 3.8) is 0 Å². The Morgan fingerprint density at radius 2 is 1.70 bits per heavy atom. The van der Waals surface area contributed by atoms with Crippen LogP contribution in [0, 0.1) is 13.8 Å². The van der Waals surface area contributed by atoms with Gasteiger partial charge in [0.2, 0.25) is 0 Å². The first-order chi connectivity index (χ1) is 10.9. The third kappa shape index (κ3) is 2.40. The van der Waals surface area contributed by atoms with E-state index in [-0.39, 0.29) is 23.3 Å². The minimum atomic E-state index is -0.383. The number of rotatable bonds is 2. The Balaban J connectivity index is 1.92. The van der Waals surface area contributed by atoms with Crippen LogP contribution in [0.2, 0.25) is 0 Å². The summed E-state index contributed by atoms with van der Waals surface area (Å²) in [5.74, 6) is -1.03. The van der Waals surface area contributed by atoms with Gasteiger partial charge in [0, 0.05) is 18.3 Å². The molecule has 0 fully saturated rings. The average Bonchev–Trinajstić information content (AvgIpc) is 2.76. The Kier molecular flexibility index (Phi) is 3.48. The summed E-state index contributed by atoms with van der Waals surface area (Å²) in [6.07, 6.45) is 0. The molecule has 5 nitrogen and oxygen atoms in total. The van der Waals surface area contributed by atoms with Crippen LogP contribution >= 0.6 is 0 Å². The number of aryl methyl sites for hydroxylation is 1. The first kappa shape index (κ1) is 15.0. The number of amides is 3. The second-order valence-electron chi connectivity index (χ2n) is 5.63. The summed E-state index contributed by atoms with van der Waals surface area (Å²) >= 11 is 0. The Labute approximate surface area is 133 Å². The number of nitrogens with one attached hydrogen (secondary N) is 1. The fourth-order valence-electron chi connectivity index (χ4n) is 2.58. The smallest absolute Gasteiger partial charge is 0.261 e. The molecule has 5 heteroatoms. The first-order valence-electron chi connectivity index (χ1n) is 7.24. The molecule has 0 atom stereocenters. The van der Waals surface area contributed by atoms with E-state index in [0.717, 1.165) is 21.7 Å². The number of benzene rings is 2. The SMILES string of the molecule is Cc1cccc(NC(=O)c2ccc3c(c2)C(=O)N(C)C3=O)c1C. The maximum absolute atomic E-state index is 12.4. The highest BCUT2D eigenvalue weighted by molar-refractivity contribution is 6.22. The monoisotopic (exact) mass is 308 g/mol. The zero-order chi connectivity index (χ0) is 16.7. The summed E-state index contributed by atoms with van der Waals surface area (Å²) in [4.78, 5) is 37.4. The lowest BCUT2D eigenvalue weighted by Crippen LogP contribution is -2.24. The van der Waals surface area contributed by atoms with Gasteiger partial charge in [-0.15, -0.1) is 0 Å². The molecule has 0 aliphatic carbocycles. The molecular weight excluding hydrogens is 292 g/mol. The van der Waals surface area contributed by atoms with E-state index in [2.05, 4.69) is 5.32 Å². The molecule has 23 heavy (non-hydrogen) atoms. The fourth-order valence-corrected chi connectivity index (χ4v) is 2.58. The van der Waals surface area contributed by atoms with Crippen molar-refractivity contribution in [2.45, 2.75) is 13.8 Å². The summed E-state index contributed by atoms with van der Waals surface area (Å²) in [5.41, 5.74) is 3.76. The van der Waals surface area contributed by atoms with Crippen LogP contribution in [0.3, 0.4) is 0 Å². The van der Waals surface area contributed by atoms with Crippen LogP contribution in [0.5, 0.6) is 0 Å². The zero-order valence-electron chi connectivity index (χ0n) is 13.1. The zero-order valence-corrected chi connectivity index (χ0v) is 13.1. The molecule has 1 heterocycles. The van der Waals surface area contributed by atoms with E-state index in [4.69, 9.17) is 0 Å². The molecule has 0 bridgehead atoms. The summed E-state index contributed by atoms with van der Waals surface area (Å²) in [5, 5.41) is 2.85. The van der Waals surface area contributed by atoms with E-state index in [0.29, 0.717) is 11.1 Å². The van der Waals surface area contributed by atoms with Crippen LogP contribution in [0.15, 0.2) is 36.4 Å². The maximum atomic E-state index is 12.4. The summed E-state index contributed by atoms with van der Waals surface area (Å²) in [7, 11) is 1.43. The largest absolute Gasteiger partial charge is 0.322 e. The van der Waals surface area contributed by atoms with Gasteiger partial charge in [0.05, 0.1) is 11.1 Å². The highest BCUT2D eigenvalue weighted by Gasteiger charge is 2.33. The van der Waals surface area contributed by atoms with Crippen molar-refractivity contribution >= 4 is 23.4 Å². The van der Waals surface area contributed by atoms with Gasteiger partial charge in [-0.05, 0) is 49.2 Å². The van der Waals surface area contributed by atoms with Crippen LogP contribution in [0.25, 0.3) is 0 Å². The van der Waals surface area contributed by atoms with Crippen LogP contribution in [-0.2, 0) is 0 Å². The molecule has 3 amide bonds. The van der Waals surface area contributed by atoms with Gasteiger partial charge in [-0.2, -0.15) is 0 Å². The number of carbonyl (C=O) groups excluding carboxylic acids is 3. The Morgan fingerprint density at radius 1 is 1.00 bits per heavy atom. The molecule has 1 N–H and O–H groups in total. The minimum absolute atomic E-state index is 0.270. The van der Waals surface area contributed by atoms with Crippen molar-refractivity contribution in [3.8, 4) is 0 Å². The summed E-state index contributed by atoms with van der Waals surface area (Å²) < 4.78 is 0. The molecule has 2 aromatic carbocycles. The van der Waals surface area contributed by atoms with E-state index in [1.165, 1.54) is 19.2 Å². The molecule has 0 saturated heterocycles. The third-order valence-corrected chi connectivity index (χ3v) is 4.20. The van der Waals surface area contributed by atoms with Crippen molar-refractivity contribution < 1.29 is 14.4 Å². The number of hydrogen-bond donors (Lipinski definition) is 1. The van der Waals surface area contributed by atoms with Crippen molar-refractivity contribution in [2.75, 3.05) is 12.4 Å². The third-order valence-electron chi connectivity index (χ3n) is 4.20. The quantitative estimate of drug-likeness (QED) is 0.868. The number of anilines is 1. The lowest BCUT2D eigenvalue weighted by molar-refractivity contribution is 0.0693. The van der Waals surface area contributed by atoms with Gasteiger partial charge in [0.25, 0.3) is 17.7 Å². The number of nitrogens with zero attached hydrogens (tertiary/aromatic N) is 1. The van der Waals surface area contributed by atoms with Crippen molar-refractivity contribution in [3.05, 3.63) is 64.2 Å². The van der Waals surface area contributed by atoms with Gasteiger partial charge in [-0.25, -0.2) is 0 Å². The lowest BCUT2D eigenvalue weighted by Gasteiger charge is -2.10. The van der Waals surface area contributed by atoms with E-state index in [1.807, 2.05) is 32.0 Å². The van der Waals surface area contributed by atoms with Gasteiger partial charge >= 0.3 is 0 Å². The van der Waals surface area contributed by atoms with Crippen LogP contribution in [0.1, 0.15) is 42.2 Å². The number of hydrogen-bond acceptors (Lipinski definition) is 3. The predicted molar refractivity (Wildman–Crippen MR) is 86.7 cm³/mol. The van der Waals surface area contributed by atoms with Crippen molar-refractivity contribution in [1.82, 2.24) is 4.90 Å². The second kappa shape index (κ2) is 5.35. The standard InChI is InChI=1S/C18H16N2O3/c1-10-5-4-6-15(11(10)2)19-16(21)12-7-8-13-14(9-12)18(23)20(3)17(13)22/h4-9H,1-3H3,(H,19,21). The molecule has 0 unspecified atom stereocenters. The number of carbonyl (C=O) groups is 3. The molecular formula is C18H16N2O3. The Hall–Kier alpha value is -2.95. The van der Waals surface area contributed by atoms with Crippen molar-refractivity contribution in [2.24, 2.45) is 0 Å². The molecule has 1 aliphatic heterocycles. The van der Waals surface area contributed by atoms with Crippen LogP contribution in [0.4, 0.5) is 5.69 Å². The average molecular weight is 308 g/mol. The molecule has 0 spiro atoms. The summed E-state index contributed by atoms with van der Waals surface area (Å²) in [6.45, 7) is 3.91. The van der Waals surface area contributed by atoms with Crippen LogP contribution < -0.4 is 5.32 Å². The molecule has 0 saturated carbocycles. The van der Waals surface area contributed by atoms with Crippen molar-refractivity contribution in [1.29, 1.82) is 0 Å². The highest BCUT2D eigenvalue weighted by Crippen LogP contribution is 2.24. The highest BCUT2D eigenvalue weighted by atomic mass is 16.2. The first-order valence-corrected chi connectivity index (χ1v) is 7.24. The molecule has 3 rings (SSSR count). The van der Waals surface area contributed by atoms with E-state index >= 15 is 0 Å². The topological polar surface area (TPSA) is 66.5 Å². The Morgan fingerprint density at radius 3 is 2.43 bits per heavy atom. The van der Waals surface area contributed by atoms with E-state index in [1.54, 1.807) is 6.07 Å². The van der Waals surface area contributed by atoms with E-state index in [9.17, 15) is 14.4 Å². The van der Waals surface area contributed by atoms with Gasteiger partial charge in [0.1, 0.15) is 0 Å². The molecule has 2 aromatic rings. The van der Waals surface area contributed by atoms with Gasteiger partial charge < -0.3 is 5.32 Å².